The fraction of sp³-hybridized carbons (Fsp3) is 0.500. The van der Waals surface area contributed by atoms with Crippen molar-refractivity contribution < 1.29 is 5.11 Å². The van der Waals surface area contributed by atoms with Gasteiger partial charge in [-0.15, -0.1) is 0 Å². The number of nitrogens with zero attached hydrogens (tertiary/aromatic N) is 7. The normalized spacial score (nSPS) is 11.6. The summed E-state index contributed by atoms with van der Waals surface area (Å²) in [6.07, 6.45) is 2.84. The van der Waals surface area contributed by atoms with Crippen LogP contribution in [0, 0.1) is 0 Å². The summed E-state index contributed by atoms with van der Waals surface area (Å²) in [5, 5.41) is 13.7. The molecule has 0 saturated carbocycles. The van der Waals surface area contributed by atoms with E-state index in [1.807, 2.05) is 0 Å². The van der Waals surface area contributed by atoms with Crippen LogP contribution < -0.4 is 10.6 Å². The SMILES string of the molecule is CN(CC(C)(C)O)c1nc(N)nc(-n2cncn2)n1. The zero-order valence-electron chi connectivity index (χ0n) is 11.0. The molecule has 2 aromatic rings. The average molecular weight is 264 g/mol. The van der Waals surface area contributed by atoms with Crippen LogP contribution in [0.3, 0.4) is 0 Å². The summed E-state index contributed by atoms with van der Waals surface area (Å²) in [6.45, 7) is 3.76. The van der Waals surface area contributed by atoms with Gasteiger partial charge in [0.15, 0.2) is 0 Å². The van der Waals surface area contributed by atoms with Gasteiger partial charge in [0.1, 0.15) is 12.7 Å². The van der Waals surface area contributed by atoms with Gasteiger partial charge in [0, 0.05) is 13.6 Å². The van der Waals surface area contributed by atoms with Gasteiger partial charge in [-0.25, -0.2) is 4.98 Å². The van der Waals surface area contributed by atoms with Crippen molar-refractivity contribution in [2.45, 2.75) is 19.4 Å². The Morgan fingerprint density at radius 1 is 1.37 bits per heavy atom. The van der Waals surface area contributed by atoms with E-state index in [4.69, 9.17) is 5.73 Å². The molecule has 0 bridgehead atoms. The van der Waals surface area contributed by atoms with Crippen molar-refractivity contribution in [1.82, 2.24) is 29.7 Å². The largest absolute Gasteiger partial charge is 0.389 e. The minimum atomic E-state index is -0.871. The second kappa shape index (κ2) is 4.76. The lowest BCUT2D eigenvalue weighted by Gasteiger charge is -2.25. The standard InChI is InChI=1S/C10H16N8O/c1-10(2,19)4-17(3)8-14-7(11)15-9(16-8)18-6-12-5-13-18/h5-6,19H,4H2,1-3H3,(H2,11,14,15,16). The minimum Gasteiger partial charge on any atom is -0.389 e. The van der Waals surface area contributed by atoms with Gasteiger partial charge in [0.25, 0.3) is 5.95 Å². The summed E-state index contributed by atoms with van der Waals surface area (Å²) in [5.74, 6) is 0.723. The third kappa shape index (κ3) is 3.35. The number of likely N-dealkylation sites (N-methyl/N-ethyl adjacent to an activating group) is 1. The van der Waals surface area contributed by atoms with Crippen LogP contribution in [0.25, 0.3) is 5.95 Å². The molecular weight excluding hydrogens is 248 g/mol. The van der Waals surface area contributed by atoms with E-state index in [2.05, 4.69) is 25.0 Å². The van der Waals surface area contributed by atoms with Crippen molar-refractivity contribution >= 4 is 11.9 Å². The maximum Gasteiger partial charge on any atom is 0.258 e. The summed E-state index contributed by atoms with van der Waals surface area (Å²) in [6, 6.07) is 0. The van der Waals surface area contributed by atoms with Crippen LogP contribution >= 0.6 is 0 Å². The molecule has 0 fully saturated rings. The summed E-state index contributed by atoms with van der Waals surface area (Å²) < 4.78 is 1.39. The number of nitrogens with two attached hydrogens (primary N) is 1. The zero-order chi connectivity index (χ0) is 14.0. The van der Waals surface area contributed by atoms with Gasteiger partial charge in [-0.05, 0) is 13.8 Å². The number of aliphatic hydroxyl groups is 1. The van der Waals surface area contributed by atoms with Crippen molar-refractivity contribution in [3.05, 3.63) is 12.7 Å². The van der Waals surface area contributed by atoms with Gasteiger partial charge in [-0.1, -0.05) is 0 Å². The Kier molecular flexibility index (Phi) is 3.30. The maximum absolute atomic E-state index is 9.80. The highest BCUT2D eigenvalue weighted by molar-refractivity contribution is 5.37. The number of nitrogen functional groups attached to an aromatic ring is 1. The predicted octanol–water partition coefficient (Wildman–Crippen LogP) is -0.758. The average Bonchev–Trinajstić information content (AvgIpc) is 2.79. The Hall–Kier alpha value is -2.29. The van der Waals surface area contributed by atoms with Crippen molar-refractivity contribution in [2.75, 3.05) is 24.2 Å². The highest BCUT2D eigenvalue weighted by atomic mass is 16.3. The van der Waals surface area contributed by atoms with Crippen LogP contribution in [-0.2, 0) is 0 Å². The molecule has 0 aliphatic carbocycles. The van der Waals surface area contributed by atoms with Crippen LogP contribution in [0.15, 0.2) is 12.7 Å². The monoisotopic (exact) mass is 264 g/mol. The summed E-state index contributed by atoms with van der Waals surface area (Å²) >= 11 is 0. The summed E-state index contributed by atoms with van der Waals surface area (Å²) in [5.41, 5.74) is 4.78. The lowest BCUT2D eigenvalue weighted by molar-refractivity contribution is 0.0882. The van der Waals surface area contributed by atoms with Crippen molar-refractivity contribution in [1.29, 1.82) is 0 Å². The van der Waals surface area contributed by atoms with Crippen molar-refractivity contribution in [3.8, 4) is 5.95 Å². The van der Waals surface area contributed by atoms with Crippen molar-refractivity contribution in [2.24, 2.45) is 0 Å². The first kappa shape index (κ1) is 13.1. The molecule has 102 valence electrons. The van der Waals surface area contributed by atoms with Crippen molar-refractivity contribution in [3.63, 3.8) is 0 Å². The highest BCUT2D eigenvalue weighted by Crippen LogP contribution is 2.12. The Bertz CT molecular complexity index is 547. The molecule has 0 unspecified atom stereocenters. The van der Waals surface area contributed by atoms with Crippen LogP contribution in [0.1, 0.15) is 13.8 Å². The molecule has 0 amide bonds. The second-order valence-corrected chi connectivity index (χ2v) is 4.80. The number of anilines is 2. The van der Waals surface area contributed by atoms with Gasteiger partial charge < -0.3 is 15.7 Å². The van der Waals surface area contributed by atoms with Gasteiger partial charge >= 0.3 is 0 Å². The molecule has 0 spiro atoms. The van der Waals surface area contributed by atoms with E-state index >= 15 is 0 Å². The number of hydrogen-bond acceptors (Lipinski definition) is 8. The fourth-order valence-electron chi connectivity index (χ4n) is 1.61. The number of hydrogen-bond donors (Lipinski definition) is 2. The van der Waals surface area contributed by atoms with Crippen LogP contribution in [-0.4, -0.2) is 54.0 Å². The molecular formula is C10H16N8O. The van der Waals surface area contributed by atoms with Crippen LogP contribution in [0.4, 0.5) is 11.9 Å². The van der Waals surface area contributed by atoms with E-state index in [0.717, 1.165) is 0 Å². The molecule has 3 N–H and O–H groups in total. The van der Waals surface area contributed by atoms with E-state index in [1.165, 1.54) is 17.3 Å². The van der Waals surface area contributed by atoms with E-state index < -0.39 is 5.60 Å². The number of aromatic nitrogens is 6. The molecule has 0 radical (unpaired) electrons. The summed E-state index contributed by atoms with van der Waals surface area (Å²) in [7, 11) is 1.76. The molecule has 9 heteroatoms. The summed E-state index contributed by atoms with van der Waals surface area (Å²) in [4.78, 5) is 17.8. The molecule has 2 heterocycles. The van der Waals surface area contributed by atoms with Crippen LogP contribution in [0.2, 0.25) is 0 Å². The molecule has 2 aromatic heterocycles. The van der Waals surface area contributed by atoms with E-state index in [9.17, 15) is 5.11 Å². The molecule has 0 atom stereocenters. The third-order valence-corrected chi connectivity index (χ3v) is 2.22. The molecule has 0 saturated heterocycles. The third-order valence-electron chi connectivity index (χ3n) is 2.22. The number of rotatable bonds is 4. The predicted molar refractivity (Wildman–Crippen MR) is 68.7 cm³/mol. The first-order valence-corrected chi connectivity index (χ1v) is 5.65. The Balaban J connectivity index is 2.32. The molecule has 2 rings (SSSR count). The molecule has 0 aromatic carbocycles. The van der Waals surface area contributed by atoms with E-state index in [1.54, 1.807) is 25.8 Å². The highest BCUT2D eigenvalue weighted by Gasteiger charge is 2.19. The lowest BCUT2D eigenvalue weighted by atomic mass is 10.1. The molecule has 9 nitrogen and oxygen atoms in total. The quantitative estimate of drug-likeness (QED) is 0.739. The Labute approximate surface area is 110 Å². The first-order valence-electron chi connectivity index (χ1n) is 5.65. The fourth-order valence-corrected chi connectivity index (χ4v) is 1.61. The Morgan fingerprint density at radius 2 is 2.11 bits per heavy atom. The smallest absolute Gasteiger partial charge is 0.258 e. The van der Waals surface area contributed by atoms with E-state index in [0.29, 0.717) is 12.5 Å². The molecule has 0 aliphatic heterocycles. The van der Waals surface area contributed by atoms with Gasteiger partial charge in [0.2, 0.25) is 11.9 Å². The van der Waals surface area contributed by atoms with Gasteiger partial charge in [0.05, 0.1) is 5.60 Å². The van der Waals surface area contributed by atoms with Gasteiger partial charge in [-0.3, -0.25) is 0 Å². The maximum atomic E-state index is 9.80. The second-order valence-electron chi connectivity index (χ2n) is 4.80. The van der Waals surface area contributed by atoms with E-state index in [-0.39, 0.29) is 11.9 Å². The first-order chi connectivity index (χ1) is 8.85. The van der Waals surface area contributed by atoms with Gasteiger partial charge in [-0.2, -0.15) is 24.7 Å². The Morgan fingerprint density at radius 3 is 2.68 bits per heavy atom. The lowest BCUT2D eigenvalue weighted by Crippen LogP contribution is -2.37. The topological polar surface area (TPSA) is 119 Å². The van der Waals surface area contributed by atoms with Crippen LogP contribution in [0.5, 0.6) is 0 Å². The molecule has 0 aliphatic rings. The minimum absolute atomic E-state index is 0.0816. The zero-order valence-corrected chi connectivity index (χ0v) is 11.0. The molecule has 19 heavy (non-hydrogen) atoms.